The molecule has 0 heterocycles. The van der Waals surface area contributed by atoms with Crippen LogP contribution in [0, 0.1) is 6.92 Å². The summed E-state index contributed by atoms with van der Waals surface area (Å²) in [6.45, 7) is 6.42. The van der Waals surface area contributed by atoms with E-state index in [1.165, 1.54) is 0 Å². The number of amides is 3. The third-order valence-corrected chi connectivity index (χ3v) is 4.59. The van der Waals surface area contributed by atoms with Crippen LogP contribution in [0.2, 0.25) is 0 Å². The van der Waals surface area contributed by atoms with E-state index in [9.17, 15) is 14.4 Å². The van der Waals surface area contributed by atoms with Gasteiger partial charge in [-0.1, -0.05) is 32.4 Å². The van der Waals surface area contributed by atoms with E-state index in [4.69, 9.17) is 0 Å². The summed E-state index contributed by atoms with van der Waals surface area (Å²) >= 11 is 0. The van der Waals surface area contributed by atoms with E-state index in [2.05, 4.69) is 28.2 Å². The lowest BCUT2D eigenvalue weighted by Crippen LogP contribution is -2.25. The van der Waals surface area contributed by atoms with E-state index in [-0.39, 0.29) is 24.3 Å². The van der Waals surface area contributed by atoms with Gasteiger partial charge < -0.3 is 21.3 Å². The van der Waals surface area contributed by atoms with Crippen LogP contribution < -0.4 is 21.3 Å². The normalized spacial score (nSPS) is 10.2. The van der Waals surface area contributed by atoms with Crippen LogP contribution in [-0.2, 0) is 9.59 Å². The molecular weight excluding hydrogens is 380 g/mol. The Morgan fingerprint density at radius 3 is 2.37 bits per heavy atom. The van der Waals surface area contributed by atoms with Crippen LogP contribution in [-0.4, -0.2) is 30.8 Å². The topological polar surface area (TPSA) is 99.3 Å². The van der Waals surface area contributed by atoms with Gasteiger partial charge in [0.15, 0.2) is 0 Å². The zero-order valence-electron chi connectivity index (χ0n) is 17.8. The zero-order valence-corrected chi connectivity index (χ0v) is 17.8. The van der Waals surface area contributed by atoms with Gasteiger partial charge in [-0.2, -0.15) is 0 Å². The second kappa shape index (κ2) is 11.6. The molecule has 160 valence electrons. The Balaban J connectivity index is 1.94. The third kappa shape index (κ3) is 6.92. The van der Waals surface area contributed by atoms with Crippen LogP contribution in [0.3, 0.4) is 0 Å². The molecule has 0 aliphatic rings. The molecule has 0 atom stereocenters. The number of carbonyl (C=O) groups excluding carboxylic acids is 3. The van der Waals surface area contributed by atoms with Crippen LogP contribution in [0.4, 0.5) is 17.1 Å². The van der Waals surface area contributed by atoms with Gasteiger partial charge in [0, 0.05) is 35.6 Å². The standard InChI is InChI=1S/C23H30N4O3/c1-4-6-13-24-23(30)17-9-7-10-18(14-17)26-22(29)15-25-19-11-8-12-20(16(19)3)27-21(28)5-2/h7-12,14,25H,4-6,13,15H2,1-3H3,(H,24,30)(H,26,29)(H,27,28). The van der Waals surface area contributed by atoms with Crippen LogP contribution >= 0.6 is 0 Å². The molecule has 0 spiro atoms. The van der Waals surface area contributed by atoms with E-state index in [1.807, 2.05) is 25.1 Å². The minimum Gasteiger partial charge on any atom is -0.376 e. The first kappa shape index (κ1) is 22.9. The van der Waals surface area contributed by atoms with Gasteiger partial charge in [0.25, 0.3) is 5.91 Å². The summed E-state index contributed by atoms with van der Waals surface area (Å²) in [6, 6.07) is 12.4. The van der Waals surface area contributed by atoms with E-state index in [0.717, 1.165) is 24.1 Å². The molecule has 2 aromatic rings. The van der Waals surface area contributed by atoms with Crippen molar-refractivity contribution in [1.82, 2.24) is 5.32 Å². The number of anilines is 3. The zero-order chi connectivity index (χ0) is 21.9. The molecule has 0 saturated carbocycles. The van der Waals surface area contributed by atoms with E-state index in [1.54, 1.807) is 31.2 Å². The quantitative estimate of drug-likeness (QED) is 0.446. The van der Waals surface area contributed by atoms with Gasteiger partial charge in [-0.3, -0.25) is 14.4 Å². The Labute approximate surface area is 177 Å². The molecule has 0 radical (unpaired) electrons. The van der Waals surface area contributed by atoms with Gasteiger partial charge in [-0.05, 0) is 49.2 Å². The Morgan fingerprint density at radius 1 is 0.900 bits per heavy atom. The predicted molar refractivity (Wildman–Crippen MR) is 121 cm³/mol. The number of hydrogen-bond donors (Lipinski definition) is 4. The molecule has 0 aromatic heterocycles. The monoisotopic (exact) mass is 410 g/mol. The summed E-state index contributed by atoms with van der Waals surface area (Å²) in [4.78, 5) is 36.2. The van der Waals surface area contributed by atoms with Gasteiger partial charge in [-0.15, -0.1) is 0 Å². The lowest BCUT2D eigenvalue weighted by Gasteiger charge is -2.14. The van der Waals surface area contributed by atoms with Crippen molar-refractivity contribution in [3.63, 3.8) is 0 Å². The van der Waals surface area contributed by atoms with Gasteiger partial charge in [-0.25, -0.2) is 0 Å². The van der Waals surface area contributed by atoms with Crippen molar-refractivity contribution < 1.29 is 14.4 Å². The lowest BCUT2D eigenvalue weighted by atomic mass is 10.1. The first-order valence-electron chi connectivity index (χ1n) is 10.3. The summed E-state index contributed by atoms with van der Waals surface area (Å²) in [5.41, 5.74) is 3.41. The third-order valence-electron chi connectivity index (χ3n) is 4.59. The second-order valence-corrected chi connectivity index (χ2v) is 6.97. The summed E-state index contributed by atoms with van der Waals surface area (Å²) in [7, 11) is 0. The summed E-state index contributed by atoms with van der Waals surface area (Å²) in [5.74, 6) is -0.452. The van der Waals surface area contributed by atoms with Crippen molar-refractivity contribution in [3.05, 3.63) is 53.6 Å². The number of carbonyl (C=O) groups is 3. The minimum absolute atomic E-state index is 0.0545. The molecule has 0 saturated heterocycles. The van der Waals surface area contributed by atoms with Crippen LogP contribution in [0.1, 0.15) is 49.0 Å². The molecule has 7 heteroatoms. The fourth-order valence-corrected chi connectivity index (χ4v) is 2.80. The SMILES string of the molecule is CCCCNC(=O)c1cccc(NC(=O)CNc2cccc(NC(=O)CC)c2C)c1. The predicted octanol–water partition coefficient (Wildman–Crippen LogP) is 3.92. The minimum atomic E-state index is -0.235. The molecule has 30 heavy (non-hydrogen) atoms. The molecule has 7 nitrogen and oxygen atoms in total. The Hall–Kier alpha value is -3.35. The summed E-state index contributed by atoms with van der Waals surface area (Å²) in [5, 5.41) is 11.6. The second-order valence-electron chi connectivity index (χ2n) is 6.97. The molecule has 3 amide bonds. The molecule has 2 rings (SSSR count). The maximum absolute atomic E-state index is 12.4. The number of benzene rings is 2. The number of rotatable bonds is 10. The fourth-order valence-electron chi connectivity index (χ4n) is 2.80. The summed E-state index contributed by atoms with van der Waals surface area (Å²) in [6.07, 6.45) is 2.34. The van der Waals surface area contributed by atoms with Gasteiger partial charge in [0.1, 0.15) is 0 Å². The van der Waals surface area contributed by atoms with Crippen LogP contribution in [0.5, 0.6) is 0 Å². The fraction of sp³-hybridized carbons (Fsp3) is 0.348. The summed E-state index contributed by atoms with van der Waals surface area (Å²) < 4.78 is 0. The Morgan fingerprint density at radius 2 is 1.63 bits per heavy atom. The van der Waals surface area contributed by atoms with Crippen molar-refractivity contribution >= 4 is 34.8 Å². The molecule has 0 bridgehead atoms. The molecule has 0 fully saturated rings. The Kier molecular flexibility index (Phi) is 8.87. The maximum atomic E-state index is 12.4. The van der Waals surface area contributed by atoms with E-state index >= 15 is 0 Å². The molecule has 0 aliphatic heterocycles. The number of nitrogens with one attached hydrogen (secondary N) is 4. The van der Waals surface area contributed by atoms with Crippen LogP contribution in [0.25, 0.3) is 0 Å². The van der Waals surface area contributed by atoms with Crippen molar-refractivity contribution in [2.75, 3.05) is 29.0 Å². The average Bonchev–Trinajstić information content (AvgIpc) is 2.74. The highest BCUT2D eigenvalue weighted by Crippen LogP contribution is 2.23. The highest BCUT2D eigenvalue weighted by atomic mass is 16.2. The molecule has 0 unspecified atom stereocenters. The molecule has 2 aromatic carbocycles. The van der Waals surface area contributed by atoms with Crippen molar-refractivity contribution in [1.29, 1.82) is 0 Å². The number of hydrogen-bond acceptors (Lipinski definition) is 4. The maximum Gasteiger partial charge on any atom is 0.251 e. The van der Waals surface area contributed by atoms with Crippen molar-refractivity contribution in [3.8, 4) is 0 Å². The highest BCUT2D eigenvalue weighted by molar-refractivity contribution is 5.98. The largest absolute Gasteiger partial charge is 0.376 e. The van der Waals surface area contributed by atoms with E-state index < -0.39 is 0 Å². The lowest BCUT2D eigenvalue weighted by molar-refractivity contribution is -0.116. The number of unbranched alkanes of at least 4 members (excludes halogenated alkanes) is 1. The first-order chi connectivity index (χ1) is 14.4. The first-order valence-corrected chi connectivity index (χ1v) is 10.3. The smallest absolute Gasteiger partial charge is 0.251 e. The van der Waals surface area contributed by atoms with Crippen molar-refractivity contribution in [2.45, 2.75) is 40.0 Å². The Bertz CT molecular complexity index is 896. The molecular formula is C23H30N4O3. The molecule has 0 aliphatic carbocycles. The highest BCUT2D eigenvalue weighted by Gasteiger charge is 2.10. The molecule has 4 N–H and O–H groups in total. The van der Waals surface area contributed by atoms with Gasteiger partial charge >= 0.3 is 0 Å². The average molecular weight is 411 g/mol. The van der Waals surface area contributed by atoms with Crippen molar-refractivity contribution in [2.24, 2.45) is 0 Å². The van der Waals surface area contributed by atoms with E-state index in [0.29, 0.717) is 29.9 Å². The van der Waals surface area contributed by atoms with Gasteiger partial charge in [0.2, 0.25) is 11.8 Å². The van der Waals surface area contributed by atoms with Gasteiger partial charge in [0.05, 0.1) is 6.54 Å². The van der Waals surface area contributed by atoms with Crippen LogP contribution in [0.15, 0.2) is 42.5 Å².